The maximum atomic E-state index is 12.4. The smallest absolute Gasteiger partial charge is 0.266 e. The zero-order chi connectivity index (χ0) is 17.6. The minimum absolute atomic E-state index is 0.0230. The number of nitriles is 1. The van der Waals surface area contributed by atoms with E-state index in [1.807, 2.05) is 19.1 Å². The van der Waals surface area contributed by atoms with Crippen molar-refractivity contribution in [2.24, 2.45) is 0 Å². The zero-order valence-corrected chi connectivity index (χ0v) is 13.6. The number of anilines is 1. The molecule has 1 N–H and O–H groups in total. The largest absolute Gasteiger partial charge is 0.492 e. The molecule has 0 saturated heterocycles. The van der Waals surface area contributed by atoms with E-state index in [1.54, 1.807) is 36.4 Å². The van der Waals surface area contributed by atoms with Gasteiger partial charge in [-0.25, -0.2) is 0 Å². The van der Waals surface area contributed by atoms with Crippen LogP contribution in [-0.2, 0) is 4.79 Å². The molecule has 0 bridgehead atoms. The number of carbonyl (C=O) groups excluding carboxylic acids is 1. The van der Waals surface area contributed by atoms with Gasteiger partial charge in [-0.1, -0.05) is 18.2 Å². The Morgan fingerprint density at radius 2 is 2.08 bits per heavy atom. The highest BCUT2D eigenvalue weighted by Crippen LogP contribution is 2.33. The van der Waals surface area contributed by atoms with E-state index >= 15 is 0 Å². The molecule has 1 amide bonds. The molecule has 0 atom stereocenters. The number of para-hydroxylation sites is 2. The van der Waals surface area contributed by atoms with Gasteiger partial charge in [-0.15, -0.1) is 0 Å². The first kappa shape index (κ1) is 16.4. The van der Waals surface area contributed by atoms with Gasteiger partial charge in [0.25, 0.3) is 5.91 Å². The maximum Gasteiger partial charge on any atom is 0.266 e. The van der Waals surface area contributed by atoms with Crippen molar-refractivity contribution in [1.29, 1.82) is 5.26 Å². The fourth-order valence-electron chi connectivity index (χ4n) is 2.36. The molecule has 1 aliphatic heterocycles. The third kappa shape index (κ3) is 3.72. The molecule has 25 heavy (non-hydrogen) atoms. The Morgan fingerprint density at radius 3 is 2.88 bits per heavy atom. The second-order valence-electron chi connectivity index (χ2n) is 5.17. The lowest BCUT2D eigenvalue weighted by atomic mass is 10.1. The number of hydrogen-bond donors (Lipinski definition) is 1. The Balaban J connectivity index is 1.81. The van der Waals surface area contributed by atoms with E-state index < -0.39 is 5.91 Å². The van der Waals surface area contributed by atoms with Gasteiger partial charge in [-0.2, -0.15) is 5.26 Å². The van der Waals surface area contributed by atoms with Gasteiger partial charge in [0.2, 0.25) is 6.79 Å². The van der Waals surface area contributed by atoms with Crippen LogP contribution < -0.4 is 19.5 Å². The first-order chi connectivity index (χ1) is 12.2. The summed E-state index contributed by atoms with van der Waals surface area (Å²) in [5.41, 5.74) is 1.17. The molecule has 0 spiro atoms. The fourth-order valence-corrected chi connectivity index (χ4v) is 2.36. The lowest BCUT2D eigenvalue weighted by Gasteiger charge is -2.10. The first-order valence-electron chi connectivity index (χ1n) is 7.76. The number of rotatable bonds is 5. The average Bonchev–Trinajstić information content (AvgIpc) is 3.09. The molecule has 2 aromatic rings. The summed E-state index contributed by atoms with van der Waals surface area (Å²) in [4.78, 5) is 12.4. The van der Waals surface area contributed by atoms with Gasteiger partial charge in [0.05, 0.1) is 12.3 Å². The number of ether oxygens (including phenoxy) is 3. The van der Waals surface area contributed by atoms with Gasteiger partial charge >= 0.3 is 0 Å². The second kappa shape index (κ2) is 7.41. The molecule has 126 valence electrons. The Morgan fingerprint density at radius 1 is 1.28 bits per heavy atom. The Bertz CT molecular complexity index is 868. The van der Waals surface area contributed by atoms with Crippen molar-refractivity contribution in [3.05, 3.63) is 53.6 Å². The molecule has 6 nitrogen and oxygen atoms in total. The summed E-state index contributed by atoms with van der Waals surface area (Å²) in [6.07, 6.45) is 1.50. The van der Waals surface area contributed by atoms with Crippen LogP contribution in [0.5, 0.6) is 17.2 Å². The predicted molar refractivity (Wildman–Crippen MR) is 92.4 cm³/mol. The number of benzene rings is 2. The van der Waals surface area contributed by atoms with E-state index in [0.717, 1.165) is 0 Å². The third-order valence-electron chi connectivity index (χ3n) is 3.51. The highest BCUT2D eigenvalue weighted by molar-refractivity contribution is 6.10. The Hall–Kier alpha value is -3.46. The van der Waals surface area contributed by atoms with Crippen molar-refractivity contribution >= 4 is 17.7 Å². The molecule has 6 heteroatoms. The van der Waals surface area contributed by atoms with Crippen LogP contribution in [0.25, 0.3) is 6.08 Å². The van der Waals surface area contributed by atoms with Crippen molar-refractivity contribution in [1.82, 2.24) is 0 Å². The van der Waals surface area contributed by atoms with Gasteiger partial charge < -0.3 is 19.5 Å². The highest BCUT2D eigenvalue weighted by Gasteiger charge is 2.15. The molecule has 0 saturated carbocycles. The lowest BCUT2D eigenvalue weighted by molar-refractivity contribution is -0.112. The summed E-state index contributed by atoms with van der Waals surface area (Å²) in [5, 5.41) is 12.0. The van der Waals surface area contributed by atoms with Crippen LogP contribution in [0.3, 0.4) is 0 Å². The average molecular weight is 336 g/mol. The summed E-state index contributed by atoms with van der Waals surface area (Å²) in [6, 6.07) is 14.2. The number of fused-ring (bicyclic) bond motifs is 1. The number of hydrogen-bond acceptors (Lipinski definition) is 5. The summed E-state index contributed by atoms with van der Waals surface area (Å²) in [7, 11) is 0. The van der Waals surface area contributed by atoms with Crippen LogP contribution >= 0.6 is 0 Å². The van der Waals surface area contributed by atoms with Gasteiger partial charge in [-0.05, 0) is 42.8 Å². The summed E-state index contributed by atoms with van der Waals surface area (Å²) >= 11 is 0. The lowest BCUT2D eigenvalue weighted by Crippen LogP contribution is -2.14. The van der Waals surface area contributed by atoms with Crippen LogP contribution in [0.15, 0.2) is 48.0 Å². The molecule has 1 aliphatic rings. The van der Waals surface area contributed by atoms with Gasteiger partial charge in [0.1, 0.15) is 17.4 Å². The first-order valence-corrected chi connectivity index (χ1v) is 7.76. The van der Waals surface area contributed by atoms with Crippen LogP contribution in [0, 0.1) is 11.3 Å². The van der Waals surface area contributed by atoms with E-state index in [0.29, 0.717) is 35.1 Å². The number of amides is 1. The standard InChI is InChI=1S/C19H16N2O4/c1-2-23-16-6-4-3-5-15(16)21-19(22)14(11-20)9-13-7-8-17-18(10-13)25-12-24-17/h3-10H,2,12H2,1H3,(H,21,22)/b14-9+. The summed E-state index contributed by atoms with van der Waals surface area (Å²) in [5.74, 6) is 1.28. The topological polar surface area (TPSA) is 80.6 Å². The SMILES string of the molecule is CCOc1ccccc1NC(=O)/C(C#N)=C/c1ccc2c(c1)OCO2. The molecule has 0 unspecified atom stereocenters. The van der Waals surface area contributed by atoms with E-state index in [-0.39, 0.29) is 12.4 Å². The monoisotopic (exact) mass is 336 g/mol. The fraction of sp³-hybridized carbons (Fsp3) is 0.158. The Kier molecular flexibility index (Phi) is 4.86. The Labute approximate surface area is 145 Å². The molecular formula is C19H16N2O4. The van der Waals surface area contributed by atoms with Crippen LogP contribution in [0.4, 0.5) is 5.69 Å². The van der Waals surface area contributed by atoms with Crippen molar-refractivity contribution < 1.29 is 19.0 Å². The number of nitrogens with zero attached hydrogens (tertiary/aromatic N) is 1. The quantitative estimate of drug-likeness (QED) is 0.669. The molecule has 0 fully saturated rings. The molecule has 0 aliphatic carbocycles. The maximum absolute atomic E-state index is 12.4. The molecule has 0 aromatic heterocycles. The molecule has 3 rings (SSSR count). The molecular weight excluding hydrogens is 320 g/mol. The minimum atomic E-state index is -0.507. The number of carbonyl (C=O) groups is 1. The van der Waals surface area contributed by atoms with Crippen molar-refractivity contribution in [2.75, 3.05) is 18.7 Å². The summed E-state index contributed by atoms with van der Waals surface area (Å²) < 4.78 is 16.0. The third-order valence-corrected chi connectivity index (χ3v) is 3.51. The molecule has 1 heterocycles. The van der Waals surface area contributed by atoms with E-state index in [9.17, 15) is 10.1 Å². The van der Waals surface area contributed by atoms with Crippen molar-refractivity contribution in [3.8, 4) is 23.3 Å². The van der Waals surface area contributed by atoms with E-state index in [4.69, 9.17) is 14.2 Å². The van der Waals surface area contributed by atoms with Crippen molar-refractivity contribution in [3.63, 3.8) is 0 Å². The van der Waals surface area contributed by atoms with Gasteiger partial charge in [0, 0.05) is 0 Å². The van der Waals surface area contributed by atoms with Crippen LogP contribution in [-0.4, -0.2) is 19.3 Å². The summed E-state index contributed by atoms with van der Waals surface area (Å²) in [6.45, 7) is 2.51. The molecule has 2 aromatic carbocycles. The van der Waals surface area contributed by atoms with Crippen molar-refractivity contribution in [2.45, 2.75) is 6.92 Å². The van der Waals surface area contributed by atoms with E-state index in [2.05, 4.69) is 5.32 Å². The minimum Gasteiger partial charge on any atom is -0.492 e. The molecule has 0 radical (unpaired) electrons. The number of nitrogens with one attached hydrogen (secondary N) is 1. The van der Waals surface area contributed by atoms with Crippen LogP contribution in [0.1, 0.15) is 12.5 Å². The van der Waals surface area contributed by atoms with E-state index in [1.165, 1.54) is 6.08 Å². The van der Waals surface area contributed by atoms with Gasteiger partial charge in [0.15, 0.2) is 11.5 Å². The normalized spacial score (nSPS) is 12.4. The van der Waals surface area contributed by atoms with Crippen LogP contribution in [0.2, 0.25) is 0 Å². The van der Waals surface area contributed by atoms with Gasteiger partial charge in [-0.3, -0.25) is 4.79 Å². The predicted octanol–water partition coefficient (Wildman–Crippen LogP) is 3.36. The highest BCUT2D eigenvalue weighted by atomic mass is 16.7. The zero-order valence-electron chi connectivity index (χ0n) is 13.6. The second-order valence-corrected chi connectivity index (χ2v) is 5.17.